The third-order valence-electron chi connectivity index (χ3n) is 5.37. The third-order valence-corrected chi connectivity index (χ3v) is 5.37. The summed E-state index contributed by atoms with van der Waals surface area (Å²) in [5.41, 5.74) is 5.35. The molecule has 0 aliphatic carbocycles. The Balaban J connectivity index is 2.06. The lowest BCUT2D eigenvalue weighted by Gasteiger charge is -2.57. The monoisotopic (exact) mass is 325 g/mol. The molecule has 24 heavy (non-hydrogen) atoms. The van der Waals surface area contributed by atoms with E-state index in [9.17, 15) is 0 Å². The van der Waals surface area contributed by atoms with Crippen molar-refractivity contribution in [1.29, 1.82) is 0 Å². The number of anilines is 2. The Morgan fingerprint density at radius 3 is 2.25 bits per heavy atom. The summed E-state index contributed by atoms with van der Waals surface area (Å²) >= 11 is 0. The number of benzene rings is 1. The van der Waals surface area contributed by atoms with E-state index in [0.717, 1.165) is 19.4 Å². The molecule has 3 rings (SSSR count). The van der Waals surface area contributed by atoms with Crippen LogP contribution in [0, 0.1) is 26.2 Å². The van der Waals surface area contributed by atoms with Crippen molar-refractivity contribution in [2.24, 2.45) is 0 Å². The minimum Gasteiger partial charge on any atom is -0.376 e. The third kappa shape index (κ3) is 3.13. The molecule has 0 radical (unpaired) electrons. The molecule has 2 N–H and O–H groups in total. The van der Waals surface area contributed by atoms with Gasteiger partial charge in [0, 0.05) is 17.6 Å². The fourth-order valence-electron chi connectivity index (χ4n) is 5.15. The van der Waals surface area contributed by atoms with Crippen molar-refractivity contribution in [3.63, 3.8) is 0 Å². The second-order valence-electron chi connectivity index (χ2n) is 9.17. The van der Waals surface area contributed by atoms with Gasteiger partial charge in [-0.3, -0.25) is 0 Å². The first-order valence-corrected chi connectivity index (χ1v) is 8.92. The summed E-state index contributed by atoms with van der Waals surface area (Å²) in [6, 6.07) is 4.57. The van der Waals surface area contributed by atoms with E-state index in [2.05, 4.69) is 75.1 Å². The van der Waals surface area contributed by atoms with Gasteiger partial charge in [-0.05, 0) is 77.6 Å². The number of nitrogens with zero attached hydrogens (tertiary/aromatic N) is 1. The fraction of sp³-hybridized carbons (Fsp3) is 0.619. The lowest BCUT2D eigenvalue weighted by atomic mass is 9.69. The Labute approximate surface area is 147 Å². The number of hydrogen-bond donors (Lipinski definition) is 2. The molecule has 0 bridgehead atoms. The van der Waals surface area contributed by atoms with E-state index in [-0.39, 0.29) is 16.6 Å². The Morgan fingerprint density at radius 2 is 1.67 bits per heavy atom. The zero-order valence-electron chi connectivity index (χ0n) is 16.0. The van der Waals surface area contributed by atoms with Crippen molar-refractivity contribution >= 4 is 11.4 Å². The Hall–Kier alpha value is -1.66. The summed E-state index contributed by atoms with van der Waals surface area (Å²) in [5, 5.41) is 7.73. The van der Waals surface area contributed by atoms with Gasteiger partial charge in [-0.1, -0.05) is 5.92 Å². The number of rotatable bonds is 1. The Bertz CT molecular complexity index is 678. The molecule has 2 aliphatic rings. The predicted octanol–water partition coefficient (Wildman–Crippen LogP) is 3.85. The molecule has 1 fully saturated rings. The molecule has 0 amide bonds. The van der Waals surface area contributed by atoms with Crippen LogP contribution in [-0.4, -0.2) is 29.7 Å². The van der Waals surface area contributed by atoms with Crippen molar-refractivity contribution in [2.75, 3.05) is 23.3 Å². The second-order valence-corrected chi connectivity index (χ2v) is 9.17. The quantitative estimate of drug-likeness (QED) is 0.768. The first-order chi connectivity index (χ1) is 11.0. The topological polar surface area (TPSA) is 27.3 Å². The van der Waals surface area contributed by atoms with Crippen LogP contribution in [0.2, 0.25) is 0 Å². The zero-order valence-corrected chi connectivity index (χ0v) is 16.0. The summed E-state index contributed by atoms with van der Waals surface area (Å²) in [6.07, 6.45) is 7.85. The molecule has 2 aliphatic heterocycles. The van der Waals surface area contributed by atoms with E-state index >= 15 is 0 Å². The Morgan fingerprint density at radius 1 is 1.08 bits per heavy atom. The number of piperidine rings is 1. The van der Waals surface area contributed by atoms with Crippen LogP contribution in [0.3, 0.4) is 0 Å². The second kappa shape index (κ2) is 5.43. The van der Waals surface area contributed by atoms with E-state index < -0.39 is 0 Å². The highest BCUT2D eigenvalue weighted by atomic mass is 15.2. The first-order valence-electron chi connectivity index (χ1n) is 8.92. The zero-order chi connectivity index (χ0) is 17.8. The molecule has 0 atom stereocenters. The Kier molecular flexibility index (Phi) is 3.88. The van der Waals surface area contributed by atoms with Gasteiger partial charge in [0.15, 0.2) is 0 Å². The van der Waals surface area contributed by atoms with Crippen molar-refractivity contribution < 1.29 is 0 Å². The minimum atomic E-state index is 0.0454. The van der Waals surface area contributed by atoms with Crippen LogP contribution in [0.5, 0.6) is 0 Å². The number of fused-ring (bicyclic) bond motifs is 1. The first kappa shape index (κ1) is 17.2. The van der Waals surface area contributed by atoms with Crippen molar-refractivity contribution in [1.82, 2.24) is 5.32 Å². The lowest BCUT2D eigenvalue weighted by molar-refractivity contribution is 0.119. The number of terminal acetylenes is 1. The number of nitrogens with one attached hydrogen (secondary N) is 2. The van der Waals surface area contributed by atoms with Crippen LogP contribution in [0.25, 0.3) is 0 Å². The summed E-state index contributed by atoms with van der Waals surface area (Å²) in [4.78, 5) is 2.38. The van der Waals surface area contributed by atoms with E-state index in [0.29, 0.717) is 6.54 Å². The van der Waals surface area contributed by atoms with Crippen LogP contribution in [0.15, 0.2) is 12.1 Å². The maximum absolute atomic E-state index is 5.68. The molecule has 130 valence electrons. The van der Waals surface area contributed by atoms with Crippen molar-refractivity contribution in [3.05, 3.63) is 23.3 Å². The van der Waals surface area contributed by atoms with Gasteiger partial charge < -0.3 is 15.5 Å². The van der Waals surface area contributed by atoms with Crippen LogP contribution < -0.4 is 15.5 Å². The van der Waals surface area contributed by atoms with E-state index in [1.54, 1.807) is 0 Å². The van der Waals surface area contributed by atoms with Crippen molar-refractivity contribution in [3.8, 4) is 12.3 Å². The summed E-state index contributed by atoms with van der Waals surface area (Å²) < 4.78 is 0. The van der Waals surface area contributed by atoms with E-state index in [1.807, 2.05) is 0 Å². The van der Waals surface area contributed by atoms with Gasteiger partial charge >= 0.3 is 0 Å². The molecule has 1 saturated heterocycles. The minimum absolute atomic E-state index is 0.0454. The highest BCUT2D eigenvalue weighted by Gasteiger charge is 2.49. The summed E-state index contributed by atoms with van der Waals surface area (Å²) in [7, 11) is 0. The maximum Gasteiger partial charge on any atom is 0.0793 e. The van der Waals surface area contributed by atoms with Gasteiger partial charge in [-0.15, -0.1) is 6.42 Å². The molecule has 2 heterocycles. The average Bonchev–Trinajstić information content (AvgIpc) is 2.37. The smallest absolute Gasteiger partial charge is 0.0793 e. The highest BCUT2D eigenvalue weighted by Crippen LogP contribution is 2.45. The average molecular weight is 326 g/mol. The van der Waals surface area contributed by atoms with Gasteiger partial charge in [0.05, 0.1) is 23.5 Å². The molecule has 0 unspecified atom stereocenters. The largest absolute Gasteiger partial charge is 0.376 e. The van der Waals surface area contributed by atoms with E-state index in [1.165, 1.54) is 22.5 Å². The van der Waals surface area contributed by atoms with Crippen LogP contribution >= 0.6 is 0 Å². The number of hydrogen-bond acceptors (Lipinski definition) is 3. The van der Waals surface area contributed by atoms with Crippen LogP contribution in [0.1, 0.15) is 51.7 Å². The maximum atomic E-state index is 5.68. The van der Waals surface area contributed by atoms with Crippen molar-refractivity contribution in [2.45, 2.75) is 71.0 Å². The van der Waals surface area contributed by atoms with Gasteiger partial charge in [-0.25, -0.2) is 0 Å². The molecule has 1 aromatic carbocycles. The molecule has 3 heteroatoms. The van der Waals surface area contributed by atoms with Crippen LogP contribution in [0.4, 0.5) is 11.4 Å². The van der Waals surface area contributed by atoms with Gasteiger partial charge in [0.2, 0.25) is 0 Å². The lowest BCUT2D eigenvalue weighted by Crippen LogP contribution is -2.69. The standard InChI is InChI=1S/C21H31N3/c1-8-9-24-14-21(12-19(4,5)23-20(6,7)13-21)22-17-10-15(2)16(3)11-18(17)24/h1,10-11,22-23H,9,12-14H2,2-7H3. The van der Waals surface area contributed by atoms with E-state index in [4.69, 9.17) is 6.42 Å². The number of aryl methyl sites for hydroxylation is 2. The summed E-state index contributed by atoms with van der Waals surface area (Å²) in [6.45, 7) is 15.2. The molecule has 1 aromatic rings. The molecule has 0 saturated carbocycles. The molecule has 1 spiro atoms. The molecular weight excluding hydrogens is 294 g/mol. The predicted molar refractivity (Wildman–Crippen MR) is 104 cm³/mol. The molecule has 3 nitrogen and oxygen atoms in total. The normalized spacial score (nSPS) is 23.3. The van der Waals surface area contributed by atoms with Gasteiger partial charge in [-0.2, -0.15) is 0 Å². The SMILES string of the molecule is C#CCN1CC2(CC(C)(C)NC(C)(C)C2)Nc2cc(C)c(C)cc21. The highest BCUT2D eigenvalue weighted by molar-refractivity contribution is 5.76. The van der Waals surface area contributed by atoms with Crippen LogP contribution in [-0.2, 0) is 0 Å². The molecule has 0 aromatic heterocycles. The van der Waals surface area contributed by atoms with Gasteiger partial charge in [0.1, 0.15) is 0 Å². The summed E-state index contributed by atoms with van der Waals surface area (Å²) in [5.74, 6) is 2.86. The van der Waals surface area contributed by atoms with Gasteiger partial charge in [0.25, 0.3) is 0 Å². The molecular formula is C21H31N3. The fourth-order valence-corrected chi connectivity index (χ4v) is 5.15.